The second kappa shape index (κ2) is 7.35. The van der Waals surface area contributed by atoms with Crippen molar-refractivity contribution in [2.24, 2.45) is 0 Å². The van der Waals surface area contributed by atoms with Crippen molar-refractivity contribution in [3.63, 3.8) is 0 Å². The topological polar surface area (TPSA) is 127 Å². The Morgan fingerprint density at radius 3 is 2.67 bits per heavy atom. The standard InChI is InChI=1S/C17H14N4O5S/c1-2-25-17(22)15-7-8-16(26-15)27(23,24)20-13-3-5-14(6-4-13)21-11-12(9-18)10-19-21/h3-8,10-11,20H,2H2,1H3. The number of hydrogen-bond acceptors (Lipinski definition) is 7. The number of nitrogens with zero attached hydrogens (tertiary/aromatic N) is 3. The van der Waals surface area contributed by atoms with Crippen molar-refractivity contribution in [3.05, 3.63) is 60.1 Å². The van der Waals surface area contributed by atoms with Crippen LogP contribution in [0.15, 0.2) is 58.3 Å². The Labute approximate surface area is 154 Å². The molecule has 0 atom stereocenters. The monoisotopic (exact) mass is 386 g/mol. The molecule has 0 aliphatic heterocycles. The quantitative estimate of drug-likeness (QED) is 0.644. The zero-order valence-corrected chi connectivity index (χ0v) is 14.9. The van der Waals surface area contributed by atoms with Gasteiger partial charge in [-0.1, -0.05) is 0 Å². The zero-order chi connectivity index (χ0) is 19.4. The van der Waals surface area contributed by atoms with Crippen LogP contribution in [0.1, 0.15) is 23.0 Å². The maximum atomic E-state index is 12.4. The van der Waals surface area contributed by atoms with E-state index >= 15 is 0 Å². The third-order valence-corrected chi connectivity index (χ3v) is 4.67. The Hall–Kier alpha value is -3.58. The molecule has 0 saturated carbocycles. The molecule has 0 radical (unpaired) electrons. The number of sulfonamides is 1. The second-order valence-electron chi connectivity index (χ2n) is 5.28. The molecule has 0 aliphatic carbocycles. The Balaban J connectivity index is 1.76. The van der Waals surface area contributed by atoms with Crippen molar-refractivity contribution in [1.29, 1.82) is 5.26 Å². The number of aromatic nitrogens is 2. The van der Waals surface area contributed by atoms with Gasteiger partial charge in [0, 0.05) is 11.9 Å². The van der Waals surface area contributed by atoms with Crippen LogP contribution < -0.4 is 4.72 Å². The van der Waals surface area contributed by atoms with Crippen LogP contribution in [0, 0.1) is 11.3 Å². The van der Waals surface area contributed by atoms with E-state index in [2.05, 4.69) is 9.82 Å². The average Bonchev–Trinajstić information content (AvgIpc) is 3.32. The van der Waals surface area contributed by atoms with E-state index in [0.29, 0.717) is 16.9 Å². The number of nitrogens with one attached hydrogen (secondary N) is 1. The number of ether oxygens (including phenoxy) is 1. The van der Waals surface area contributed by atoms with Gasteiger partial charge in [-0.15, -0.1) is 0 Å². The van der Waals surface area contributed by atoms with Gasteiger partial charge in [0.2, 0.25) is 10.9 Å². The Morgan fingerprint density at radius 1 is 1.30 bits per heavy atom. The lowest BCUT2D eigenvalue weighted by molar-refractivity contribution is 0.0484. The average molecular weight is 386 g/mol. The number of hydrogen-bond donors (Lipinski definition) is 1. The molecule has 2 aromatic heterocycles. The van der Waals surface area contributed by atoms with Gasteiger partial charge in [-0.05, 0) is 43.3 Å². The molecule has 3 rings (SSSR count). The summed E-state index contributed by atoms with van der Waals surface area (Å²) in [5.74, 6) is -0.932. The van der Waals surface area contributed by atoms with Crippen molar-refractivity contribution < 1.29 is 22.4 Å². The summed E-state index contributed by atoms with van der Waals surface area (Å²) in [6, 6.07) is 10.7. The first-order valence-electron chi connectivity index (χ1n) is 7.78. The first-order valence-corrected chi connectivity index (χ1v) is 9.26. The predicted molar refractivity (Wildman–Crippen MR) is 93.8 cm³/mol. The molecule has 1 aromatic carbocycles. The summed E-state index contributed by atoms with van der Waals surface area (Å²) in [5.41, 5.74) is 1.36. The fourth-order valence-electron chi connectivity index (χ4n) is 2.19. The zero-order valence-electron chi connectivity index (χ0n) is 14.1. The van der Waals surface area contributed by atoms with E-state index in [1.54, 1.807) is 25.3 Å². The van der Waals surface area contributed by atoms with Crippen LogP contribution in [0.2, 0.25) is 0 Å². The first kappa shape index (κ1) is 18.2. The molecule has 10 heteroatoms. The van der Waals surface area contributed by atoms with E-state index in [4.69, 9.17) is 14.4 Å². The van der Waals surface area contributed by atoms with Crippen molar-refractivity contribution >= 4 is 21.7 Å². The van der Waals surface area contributed by atoms with Gasteiger partial charge in [0.05, 0.1) is 24.1 Å². The van der Waals surface area contributed by atoms with Gasteiger partial charge in [-0.25, -0.2) is 9.48 Å². The normalized spacial score (nSPS) is 11.0. The van der Waals surface area contributed by atoms with Gasteiger partial charge >= 0.3 is 5.97 Å². The van der Waals surface area contributed by atoms with E-state index < -0.39 is 21.1 Å². The lowest BCUT2D eigenvalue weighted by Gasteiger charge is -2.07. The number of rotatable bonds is 6. The van der Waals surface area contributed by atoms with Gasteiger partial charge in [0.1, 0.15) is 6.07 Å². The van der Waals surface area contributed by atoms with E-state index in [1.807, 2.05) is 6.07 Å². The molecule has 27 heavy (non-hydrogen) atoms. The molecule has 9 nitrogen and oxygen atoms in total. The number of benzene rings is 1. The van der Waals surface area contributed by atoms with Crippen LogP contribution in [-0.4, -0.2) is 30.8 Å². The molecule has 0 fully saturated rings. The molecule has 0 aliphatic rings. The number of esters is 1. The van der Waals surface area contributed by atoms with Gasteiger partial charge in [0.15, 0.2) is 0 Å². The lowest BCUT2D eigenvalue weighted by atomic mass is 10.3. The minimum absolute atomic E-state index is 0.151. The molecule has 0 spiro atoms. The molecule has 3 aromatic rings. The number of carbonyl (C=O) groups excluding carboxylic acids is 1. The minimum Gasteiger partial charge on any atom is -0.460 e. The maximum absolute atomic E-state index is 12.4. The van der Waals surface area contributed by atoms with Crippen molar-refractivity contribution in [2.45, 2.75) is 12.0 Å². The van der Waals surface area contributed by atoms with Crippen LogP contribution >= 0.6 is 0 Å². The maximum Gasteiger partial charge on any atom is 0.374 e. The third kappa shape index (κ3) is 3.99. The van der Waals surface area contributed by atoms with E-state index in [0.717, 1.165) is 0 Å². The molecule has 0 saturated heterocycles. The van der Waals surface area contributed by atoms with Gasteiger partial charge < -0.3 is 9.15 Å². The highest BCUT2D eigenvalue weighted by Gasteiger charge is 2.22. The molecule has 1 N–H and O–H groups in total. The number of nitriles is 1. The Morgan fingerprint density at radius 2 is 2.04 bits per heavy atom. The first-order chi connectivity index (χ1) is 12.9. The largest absolute Gasteiger partial charge is 0.460 e. The highest BCUT2D eigenvalue weighted by atomic mass is 32.2. The SMILES string of the molecule is CCOC(=O)c1ccc(S(=O)(=O)Nc2ccc(-n3cc(C#N)cn3)cc2)o1. The lowest BCUT2D eigenvalue weighted by Crippen LogP contribution is -2.12. The molecule has 0 unspecified atom stereocenters. The van der Waals surface area contributed by atoms with E-state index in [9.17, 15) is 13.2 Å². The molecular weight excluding hydrogens is 372 g/mol. The highest BCUT2D eigenvalue weighted by molar-refractivity contribution is 7.92. The molecule has 138 valence electrons. The van der Waals surface area contributed by atoms with Crippen molar-refractivity contribution in [2.75, 3.05) is 11.3 Å². The smallest absolute Gasteiger partial charge is 0.374 e. The minimum atomic E-state index is -4.01. The predicted octanol–water partition coefficient (Wildman–Crippen LogP) is 2.31. The summed E-state index contributed by atoms with van der Waals surface area (Å²) in [6.45, 7) is 1.78. The van der Waals surface area contributed by atoms with E-state index in [1.165, 1.54) is 35.1 Å². The molecule has 0 bridgehead atoms. The van der Waals surface area contributed by atoms with Crippen LogP contribution in [0.4, 0.5) is 5.69 Å². The third-order valence-electron chi connectivity index (χ3n) is 3.42. The molecule has 0 amide bonds. The van der Waals surface area contributed by atoms with Crippen LogP contribution in [-0.2, 0) is 14.8 Å². The van der Waals surface area contributed by atoms with E-state index in [-0.39, 0.29) is 12.4 Å². The van der Waals surface area contributed by atoms with Crippen LogP contribution in [0.5, 0.6) is 0 Å². The number of anilines is 1. The second-order valence-corrected chi connectivity index (χ2v) is 6.89. The summed E-state index contributed by atoms with van der Waals surface area (Å²) in [7, 11) is -4.01. The fraction of sp³-hybridized carbons (Fsp3) is 0.118. The summed E-state index contributed by atoms with van der Waals surface area (Å²) in [6.07, 6.45) is 2.98. The number of furan rings is 1. The number of carbonyl (C=O) groups is 1. The Kier molecular flexibility index (Phi) is 4.96. The van der Waals surface area contributed by atoms with Crippen molar-refractivity contribution in [1.82, 2.24) is 9.78 Å². The summed E-state index contributed by atoms with van der Waals surface area (Å²) >= 11 is 0. The molecule has 2 heterocycles. The van der Waals surface area contributed by atoms with Gasteiger partial charge in [0.25, 0.3) is 10.0 Å². The van der Waals surface area contributed by atoms with Crippen LogP contribution in [0.25, 0.3) is 5.69 Å². The van der Waals surface area contributed by atoms with Crippen molar-refractivity contribution in [3.8, 4) is 11.8 Å². The highest BCUT2D eigenvalue weighted by Crippen LogP contribution is 2.20. The van der Waals surface area contributed by atoms with Crippen LogP contribution in [0.3, 0.4) is 0 Å². The fourth-order valence-corrected chi connectivity index (χ4v) is 3.18. The Bertz CT molecular complexity index is 1110. The molecular formula is C17H14N4O5S. The summed E-state index contributed by atoms with van der Waals surface area (Å²) < 4.78 is 38.5. The summed E-state index contributed by atoms with van der Waals surface area (Å²) in [5, 5.41) is 12.5. The van der Waals surface area contributed by atoms with Gasteiger partial charge in [-0.2, -0.15) is 18.8 Å². The van der Waals surface area contributed by atoms with Gasteiger partial charge in [-0.3, -0.25) is 4.72 Å². The summed E-state index contributed by atoms with van der Waals surface area (Å²) in [4.78, 5) is 11.6.